The van der Waals surface area contributed by atoms with Gasteiger partial charge in [0.1, 0.15) is 0 Å². The molecule has 2 rings (SSSR count). The minimum absolute atomic E-state index is 0.249. The van der Waals surface area contributed by atoms with Crippen molar-refractivity contribution in [3.8, 4) is 5.88 Å². The average molecular weight is 179 g/mol. The van der Waals surface area contributed by atoms with Crippen molar-refractivity contribution in [3.05, 3.63) is 18.6 Å². The predicted molar refractivity (Wildman–Crippen MR) is 44.2 cm³/mol. The third-order valence-electron chi connectivity index (χ3n) is 1.85. The van der Waals surface area contributed by atoms with Crippen LogP contribution in [0.3, 0.4) is 0 Å². The molecule has 0 spiro atoms. The van der Waals surface area contributed by atoms with Gasteiger partial charge in [-0.3, -0.25) is 4.98 Å². The van der Waals surface area contributed by atoms with E-state index in [0.717, 1.165) is 19.5 Å². The Labute approximate surface area is 75.4 Å². The third kappa shape index (κ3) is 1.74. The molecule has 5 heteroatoms. The van der Waals surface area contributed by atoms with Crippen LogP contribution in [0.5, 0.6) is 5.88 Å². The van der Waals surface area contributed by atoms with Crippen molar-refractivity contribution >= 4 is 6.09 Å². The molecule has 0 bridgehead atoms. The Morgan fingerprint density at radius 3 is 2.85 bits per heavy atom. The highest BCUT2D eigenvalue weighted by Crippen LogP contribution is 2.10. The molecule has 0 aliphatic carbocycles. The molecule has 0 radical (unpaired) electrons. The maximum absolute atomic E-state index is 11.2. The second-order valence-electron chi connectivity index (χ2n) is 2.75. The molecule has 0 atom stereocenters. The monoisotopic (exact) mass is 179 g/mol. The van der Waals surface area contributed by atoms with E-state index in [1.807, 2.05) is 0 Å². The molecule has 1 aliphatic heterocycles. The molecule has 1 aliphatic rings. The minimum Gasteiger partial charge on any atom is -0.389 e. The van der Waals surface area contributed by atoms with Gasteiger partial charge < -0.3 is 9.64 Å². The van der Waals surface area contributed by atoms with Gasteiger partial charge >= 0.3 is 6.09 Å². The highest BCUT2D eigenvalue weighted by atomic mass is 16.6. The number of aromatic nitrogens is 2. The summed E-state index contributed by atoms with van der Waals surface area (Å²) in [4.78, 5) is 20.5. The first-order valence-electron chi connectivity index (χ1n) is 4.09. The molecular formula is C8H9N3O2. The van der Waals surface area contributed by atoms with Gasteiger partial charge in [0.25, 0.3) is 0 Å². The Bertz CT molecular complexity index is 298. The first-order chi connectivity index (χ1) is 6.36. The number of hydrogen-bond donors (Lipinski definition) is 0. The minimum atomic E-state index is -0.341. The van der Waals surface area contributed by atoms with Crippen LogP contribution in [0.15, 0.2) is 18.6 Å². The van der Waals surface area contributed by atoms with Crippen molar-refractivity contribution in [3.63, 3.8) is 0 Å². The average Bonchev–Trinajstić information content (AvgIpc) is 2.02. The summed E-state index contributed by atoms with van der Waals surface area (Å²) in [5.41, 5.74) is 0. The highest BCUT2D eigenvalue weighted by molar-refractivity contribution is 5.70. The van der Waals surface area contributed by atoms with Gasteiger partial charge in [-0.1, -0.05) is 0 Å². The van der Waals surface area contributed by atoms with Gasteiger partial charge in [-0.2, -0.15) is 0 Å². The fraction of sp³-hybridized carbons (Fsp3) is 0.375. The van der Waals surface area contributed by atoms with E-state index in [2.05, 4.69) is 9.97 Å². The summed E-state index contributed by atoms with van der Waals surface area (Å²) >= 11 is 0. The first kappa shape index (κ1) is 7.97. The molecule has 2 heterocycles. The van der Waals surface area contributed by atoms with Gasteiger partial charge in [0.05, 0.1) is 6.20 Å². The maximum Gasteiger partial charge on any atom is 0.416 e. The van der Waals surface area contributed by atoms with Gasteiger partial charge in [-0.25, -0.2) is 9.78 Å². The van der Waals surface area contributed by atoms with Crippen molar-refractivity contribution < 1.29 is 9.53 Å². The molecule has 0 aromatic carbocycles. The van der Waals surface area contributed by atoms with Gasteiger partial charge in [-0.05, 0) is 6.42 Å². The van der Waals surface area contributed by atoms with Crippen molar-refractivity contribution in [2.45, 2.75) is 6.42 Å². The number of amides is 1. The van der Waals surface area contributed by atoms with E-state index >= 15 is 0 Å². The van der Waals surface area contributed by atoms with Crippen molar-refractivity contribution in [1.82, 2.24) is 14.9 Å². The lowest BCUT2D eigenvalue weighted by molar-refractivity contribution is 0.123. The summed E-state index contributed by atoms with van der Waals surface area (Å²) in [7, 11) is 0. The lowest BCUT2D eigenvalue weighted by Gasteiger charge is -2.29. The molecule has 1 amide bonds. The molecule has 1 aromatic rings. The van der Waals surface area contributed by atoms with Crippen LogP contribution in [-0.4, -0.2) is 34.1 Å². The van der Waals surface area contributed by atoms with Crippen LogP contribution in [-0.2, 0) is 0 Å². The SMILES string of the molecule is O=C(Oc1cnccn1)N1CCC1. The zero-order chi connectivity index (χ0) is 9.10. The number of ether oxygens (including phenoxy) is 1. The predicted octanol–water partition coefficient (Wildman–Crippen LogP) is 0.681. The van der Waals surface area contributed by atoms with E-state index in [9.17, 15) is 4.79 Å². The van der Waals surface area contributed by atoms with E-state index in [0.29, 0.717) is 0 Å². The summed E-state index contributed by atoms with van der Waals surface area (Å²) in [5, 5.41) is 0. The van der Waals surface area contributed by atoms with Gasteiger partial charge in [-0.15, -0.1) is 0 Å². The van der Waals surface area contributed by atoms with Crippen molar-refractivity contribution in [2.75, 3.05) is 13.1 Å². The molecule has 1 fully saturated rings. The largest absolute Gasteiger partial charge is 0.416 e. The van der Waals surface area contributed by atoms with Gasteiger partial charge in [0.15, 0.2) is 0 Å². The number of rotatable bonds is 1. The van der Waals surface area contributed by atoms with Gasteiger partial charge in [0.2, 0.25) is 5.88 Å². The quantitative estimate of drug-likeness (QED) is 0.636. The number of carbonyl (C=O) groups is 1. The van der Waals surface area contributed by atoms with E-state index in [4.69, 9.17) is 4.74 Å². The van der Waals surface area contributed by atoms with Crippen molar-refractivity contribution in [2.24, 2.45) is 0 Å². The van der Waals surface area contributed by atoms with E-state index in [-0.39, 0.29) is 12.0 Å². The highest BCUT2D eigenvalue weighted by Gasteiger charge is 2.22. The zero-order valence-corrected chi connectivity index (χ0v) is 7.01. The summed E-state index contributed by atoms with van der Waals surface area (Å²) in [6.45, 7) is 1.55. The van der Waals surface area contributed by atoms with Crippen LogP contribution in [0.4, 0.5) is 4.79 Å². The molecule has 1 aromatic heterocycles. The molecular weight excluding hydrogens is 170 g/mol. The normalized spacial score (nSPS) is 14.9. The van der Waals surface area contributed by atoms with Crippen molar-refractivity contribution in [1.29, 1.82) is 0 Å². The first-order valence-corrected chi connectivity index (χ1v) is 4.09. The number of hydrogen-bond acceptors (Lipinski definition) is 4. The Hall–Kier alpha value is -1.65. The van der Waals surface area contributed by atoms with Gasteiger partial charge in [0, 0.05) is 25.5 Å². The van der Waals surface area contributed by atoms with Crippen LogP contribution in [0, 0.1) is 0 Å². The second kappa shape index (κ2) is 3.38. The van der Waals surface area contributed by atoms with Crippen LogP contribution in [0.25, 0.3) is 0 Å². The van der Waals surface area contributed by atoms with Crippen LogP contribution >= 0.6 is 0 Å². The molecule has 1 saturated heterocycles. The van der Waals surface area contributed by atoms with E-state index < -0.39 is 0 Å². The topological polar surface area (TPSA) is 55.3 Å². The summed E-state index contributed by atoms with van der Waals surface area (Å²) < 4.78 is 4.93. The number of carbonyl (C=O) groups excluding carboxylic acids is 1. The second-order valence-corrected chi connectivity index (χ2v) is 2.75. The van der Waals surface area contributed by atoms with E-state index in [1.54, 1.807) is 4.90 Å². The summed E-state index contributed by atoms with van der Waals surface area (Å²) in [5.74, 6) is 0.249. The standard InChI is InChI=1S/C8H9N3O2/c12-8(11-4-1-5-11)13-7-6-9-2-3-10-7/h2-3,6H,1,4-5H2. The van der Waals surface area contributed by atoms with Crippen LogP contribution in [0.2, 0.25) is 0 Å². The fourth-order valence-electron chi connectivity index (χ4n) is 0.991. The smallest absolute Gasteiger partial charge is 0.389 e. The lowest BCUT2D eigenvalue weighted by Crippen LogP contribution is -2.43. The number of nitrogens with zero attached hydrogens (tertiary/aromatic N) is 3. The summed E-state index contributed by atoms with van der Waals surface area (Å²) in [6, 6.07) is 0. The number of likely N-dealkylation sites (tertiary alicyclic amines) is 1. The Morgan fingerprint density at radius 2 is 2.31 bits per heavy atom. The molecule has 0 saturated carbocycles. The molecule has 5 nitrogen and oxygen atoms in total. The molecule has 0 N–H and O–H groups in total. The Kier molecular flexibility index (Phi) is 2.08. The fourth-order valence-corrected chi connectivity index (χ4v) is 0.991. The molecule has 13 heavy (non-hydrogen) atoms. The third-order valence-corrected chi connectivity index (χ3v) is 1.85. The molecule has 68 valence electrons. The Balaban J connectivity index is 1.94. The molecule has 0 unspecified atom stereocenters. The summed E-state index contributed by atoms with van der Waals surface area (Å²) in [6.07, 6.45) is 5.14. The Morgan fingerprint density at radius 1 is 1.46 bits per heavy atom. The van der Waals surface area contributed by atoms with Crippen LogP contribution in [0.1, 0.15) is 6.42 Å². The van der Waals surface area contributed by atoms with Crippen LogP contribution < -0.4 is 4.74 Å². The lowest BCUT2D eigenvalue weighted by atomic mass is 10.2. The van der Waals surface area contributed by atoms with E-state index in [1.165, 1.54) is 18.6 Å². The zero-order valence-electron chi connectivity index (χ0n) is 7.01. The maximum atomic E-state index is 11.2.